The maximum Gasteiger partial charge on any atom is 0.413 e. The summed E-state index contributed by atoms with van der Waals surface area (Å²) in [6.07, 6.45) is -1.61. The van der Waals surface area contributed by atoms with Crippen LogP contribution in [0.25, 0.3) is 0 Å². The third-order valence-corrected chi connectivity index (χ3v) is 5.33. The first-order valence-electron chi connectivity index (χ1n) is 7.81. The number of aromatic nitrogens is 2. The first kappa shape index (κ1) is 19.5. The van der Waals surface area contributed by atoms with Crippen LogP contribution >= 0.6 is 34.5 Å². The third-order valence-electron chi connectivity index (χ3n) is 3.71. The lowest BCUT2D eigenvalue weighted by molar-refractivity contribution is 0.115. The number of halogens is 2. The van der Waals surface area contributed by atoms with Gasteiger partial charge < -0.3 is 14.4 Å². The number of urea groups is 1. The molecule has 12 heteroatoms. The molecule has 1 N–H and O–H groups in total. The Morgan fingerprint density at radius 3 is 2.78 bits per heavy atom. The molecule has 1 aromatic carbocycles. The van der Waals surface area contributed by atoms with E-state index >= 15 is 0 Å². The van der Waals surface area contributed by atoms with E-state index in [1.54, 1.807) is 12.1 Å². The molecule has 1 aliphatic rings. The molecule has 2 heterocycles. The number of likely N-dealkylation sites (N-methyl/N-ethyl adjacent to an activating group) is 1. The van der Waals surface area contributed by atoms with E-state index in [-0.39, 0.29) is 17.7 Å². The molecule has 0 bridgehead atoms. The van der Waals surface area contributed by atoms with E-state index in [4.69, 9.17) is 32.7 Å². The molecule has 3 amide bonds. The molecule has 1 saturated heterocycles. The second kappa shape index (κ2) is 8.15. The van der Waals surface area contributed by atoms with Crippen LogP contribution < -0.4 is 15.0 Å². The second-order valence-electron chi connectivity index (χ2n) is 5.36. The van der Waals surface area contributed by atoms with Crippen molar-refractivity contribution in [2.24, 2.45) is 0 Å². The standard InChI is InChI=1S/C15H15Cl2N5O4S/c1-3-21-7-11(22(15(21)24)12-19-20-14(25-2)27-12)26-13(23)18-8-4-5-9(16)10(17)6-8/h4-6,11H,3,7H2,1-2H3,(H,18,23). The highest BCUT2D eigenvalue weighted by molar-refractivity contribution is 7.17. The molecule has 0 radical (unpaired) electrons. The number of nitrogens with zero attached hydrogens (tertiary/aromatic N) is 4. The number of hydrogen-bond acceptors (Lipinski definition) is 7. The fourth-order valence-corrected chi connectivity index (χ4v) is 3.41. The Bertz CT molecular complexity index is 864. The monoisotopic (exact) mass is 431 g/mol. The lowest BCUT2D eigenvalue weighted by Gasteiger charge is -2.20. The molecular formula is C15H15Cl2N5O4S. The van der Waals surface area contributed by atoms with Gasteiger partial charge in [0.2, 0.25) is 11.4 Å². The zero-order valence-electron chi connectivity index (χ0n) is 14.3. The van der Waals surface area contributed by atoms with Gasteiger partial charge >= 0.3 is 12.1 Å². The fraction of sp³-hybridized carbons (Fsp3) is 0.333. The number of nitrogens with one attached hydrogen (secondary N) is 1. The van der Waals surface area contributed by atoms with E-state index < -0.39 is 12.3 Å². The molecule has 144 valence electrons. The van der Waals surface area contributed by atoms with Gasteiger partial charge in [0, 0.05) is 12.2 Å². The highest BCUT2D eigenvalue weighted by atomic mass is 35.5. The van der Waals surface area contributed by atoms with Crippen LogP contribution in [0.4, 0.5) is 20.4 Å². The normalized spacial score (nSPS) is 16.6. The average molecular weight is 432 g/mol. The van der Waals surface area contributed by atoms with Crippen molar-refractivity contribution in [2.45, 2.75) is 13.2 Å². The number of anilines is 2. The quantitative estimate of drug-likeness (QED) is 0.774. The summed E-state index contributed by atoms with van der Waals surface area (Å²) >= 11 is 12.9. The largest absolute Gasteiger partial charge is 0.472 e. The van der Waals surface area contributed by atoms with Crippen LogP contribution in [-0.4, -0.2) is 53.6 Å². The first-order chi connectivity index (χ1) is 12.9. The van der Waals surface area contributed by atoms with Gasteiger partial charge in [-0.15, -0.1) is 5.10 Å². The summed E-state index contributed by atoms with van der Waals surface area (Å²) in [4.78, 5) is 27.7. The van der Waals surface area contributed by atoms with Crippen molar-refractivity contribution in [3.8, 4) is 5.19 Å². The molecule has 1 aliphatic heterocycles. The molecule has 3 rings (SSSR count). The van der Waals surface area contributed by atoms with Crippen LogP contribution in [-0.2, 0) is 4.74 Å². The Kier molecular flexibility index (Phi) is 5.88. The molecule has 1 fully saturated rings. The Morgan fingerprint density at radius 2 is 2.15 bits per heavy atom. The topological polar surface area (TPSA) is 96.9 Å². The van der Waals surface area contributed by atoms with Gasteiger partial charge in [-0.2, -0.15) is 0 Å². The van der Waals surface area contributed by atoms with Gasteiger partial charge in [-0.25, -0.2) is 14.5 Å². The number of hydrogen-bond donors (Lipinski definition) is 1. The zero-order chi connectivity index (χ0) is 19.6. The Morgan fingerprint density at radius 1 is 1.37 bits per heavy atom. The summed E-state index contributed by atoms with van der Waals surface area (Å²) in [7, 11) is 1.45. The van der Waals surface area contributed by atoms with Crippen LogP contribution in [0.5, 0.6) is 5.19 Å². The fourth-order valence-electron chi connectivity index (χ4n) is 2.41. The highest BCUT2D eigenvalue weighted by Gasteiger charge is 2.42. The van der Waals surface area contributed by atoms with Crippen LogP contribution in [0.1, 0.15) is 6.92 Å². The van der Waals surface area contributed by atoms with Crippen LogP contribution in [0.2, 0.25) is 10.0 Å². The highest BCUT2D eigenvalue weighted by Crippen LogP contribution is 2.31. The summed E-state index contributed by atoms with van der Waals surface area (Å²) in [5.41, 5.74) is 0.412. The van der Waals surface area contributed by atoms with Gasteiger partial charge in [0.25, 0.3) is 5.19 Å². The van der Waals surface area contributed by atoms with Crippen LogP contribution in [0, 0.1) is 0 Å². The van der Waals surface area contributed by atoms with Crippen LogP contribution in [0.15, 0.2) is 18.2 Å². The maximum absolute atomic E-state index is 12.6. The lowest BCUT2D eigenvalue weighted by atomic mass is 10.3. The number of amides is 3. The Balaban J connectivity index is 1.75. The average Bonchev–Trinajstić information content (AvgIpc) is 3.22. The van der Waals surface area contributed by atoms with Crippen molar-refractivity contribution in [2.75, 3.05) is 30.4 Å². The first-order valence-corrected chi connectivity index (χ1v) is 9.38. The second-order valence-corrected chi connectivity index (χ2v) is 7.09. The molecule has 27 heavy (non-hydrogen) atoms. The van der Waals surface area contributed by atoms with Gasteiger partial charge in [-0.05, 0) is 36.5 Å². The maximum atomic E-state index is 12.6. The molecule has 0 saturated carbocycles. The minimum Gasteiger partial charge on any atom is -0.472 e. The van der Waals surface area contributed by atoms with Gasteiger partial charge in [-0.3, -0.25) is 5.32 Å². The SMILES string of the molecule is CCN1CC(OC(=O)Nc2ccc(Cl)c(Cl)c2)N(c2nnc(OC)s2)C1=O. The summed E-state index contributed by atoms with van der Waals surface area (Å²) in [5, 5.41) is 11.5. The Hall–Kier alpha value is -2.30. The predicted octanol–water partition coefficient (Wildman–Crippen LogP) is 3.69. The van der Waals surface area contributed by atoms with Crippen molar-refractivity contribution in [1.82, 2.24) is 15.1 Å². The number of methoxy groups -OCH3 is 1. The van der Waals surface area contributed by atoms with E-state index in [9.17, 15) is 9.59 Å². The molecule has 1 atom stereocenters. The summed E-state index contributed by atoms with van der Waals surface area (Å²) in [6, 6.07) is 4.30. The van der Waals surface area contributed by atoms with Gasteiger partial charge in [0.1, 0.15) is 0 Å². The number of carbonyl (C=O) groups excluding carboxylic acids is 2. The number of benzene rings is 1. The Labute approximate surface area is 168 Å². The number of carbonyl (C=O) groups is 2. The van der Waals surface area contributed by atoms with Crippen molar-refractivity contribution in [3.05, 3.63) is 28.2 Å². The van der Waals surface area contributed by atoms with Gasteiger partial charge in [-0.1, -0.05) is 28.3 Å². The minimum atomic E-state index is -0.863. The van der Waals surface area contributed by atoms with Crippen molar-refractivity contribution < 1.29 is 19.1 Å². The lowest BCUT2D eigenvalue weighted by Crippen LogP contribution is -2.38. The van der Waals surface area contributed by atoms with Gasteiger partial charge in [0.15, 0.2) is 0 Å². The molecule has 2 aromatic rings. The molecule has 1 unspecified atom stereocenters. The smallest absolute Gasteiger partial charge is 0.413 e. The van der Waals surface area contributed by atoms with E-state index in [2.05, 4.69) is 15.5 Å². The van der Waals surface area contributed by atoms with Gasteiger partial charge in [0.05, 0.1) is 23.7 Å². The number of ether oxygens (including phenoxy) is 2. The van der Waals surface area contributed by atoms with Crippen molar-refractivity contribution in [3.63, 3.8) is 0 Å². The van der Waals surface area contributed by atoms with Crippen molar-refractivity contribution in [1.29, 1.82) is 0 Å². The van der Waals surface area contributed by atoms with E-state index in [0.717, 1.165) is 11.3 Å². The van der Waals surface area contributed by atoms with E-state index in [0.29, 0.717) is 27.5 Å². The zero-order valence-corrected chi connectivity index (χ0v) is 16.6. The molecule has 1 aromatic heterocycles. The van der Waals surface area contributed by atoms with E-state index in [1.807, 2.05) is 6.92 Å². The van der Waals surface area contributed by atoms with Crippen molar-refractivity contribution >= 4 is 57.5 Å². The predicted molar refractivity (Wildman–Crippen MR) is 102 cm³/mol. The summed E-state index contributed by atoms with van der Waals surface area (Å²) in [6.45, 7) is 2.49. The summed E-state index contributed by atoms with van der Waals surface area (Å²) < 4.78 is 10.4. The van der Waals surface area contributed by atoms with E-state index in [1.165, 1.54) is 23.0 Å². The third kappa shape index (κ3) is 4.18. The van der Waals surface area contributed by atoms with Crippen LogP contribution in [0.3, 0.4) is 0 Å². The molecule has 0 aliphatic carbocycles. The minimum absolute atomic E-state index is 0.200. The molecular weight excluding hydrogens is 417 g/mol. The summed E-state index contributed by atoms with van der Waals surface area (Å²) in [5.74, 6) is 0. The molecule has 0 spiro atoms. The molecule has 9 nitrogen and oxygen atoms in total. The number of rotatable bonds is 5.